The van der Waals surface area contributed by atoms with Gasteiger partial charge in [0.25, 0.3) is 0 Å². The van der Waals surface area contributed by atoms with E-state index in [1.807, 2.05) is 7.05 Å². The zero-order chi connectivity index (χ0) is 12.6. The van der Waals surface area contributed by atoms with Crippen molar-refractivity contribution >= 4 is 29.1 Å². The molecule has 0 unspecified atom stereocenters. The summed E-state index contributed by atoms with van der Waals surface area (Å²) in [4.78, 5) is 14.0. The van der Waals surface area contributed by atoms with Crippen molar-refractivity contribution in [1.29, 1.82) is 0 Å². The Morgan fingerprint density at radius 3 is 2.38 bits per heavy atom. The number of nitrogens with zero attached hydrogens (tertiary/aromatic N) is 1. The standard InChI is InChI=1S/C11H20Cl2N2O/c1-8(2)15(4)6-5-14-9(16)10(3)7-11(10,12)13/h8H,5-7H2,1-4H3,(H,14,16)/t10-/m1/s1. The average Bonchev–Trinajstić information content (AvgIpc) is 2.66. The summed E-state index contributed by atoms with van der Waals surface area (Å²) in [6, 6.07) is 0.480. The van der Waals surface area contributed by atoms with Gasteiger partial charge in [-0.3, -0.25) is 4.79 Å². The predicted molar refractivity (Wildman–Crippen MR) is 67.9 cm³/mol. The molecule has 5 heteroatoms. The minimum Gasteiger partial charge on any atom is -0.354 e. The van der Waals surface area contributed by atoms with Crippen molar-refractivity contribution < 1.29 is 4.79 Å². The number of carbonyl (C=O) groups is 1. The Bertz CT molecular complexity index is 281. The first kappa shape index (κ1) is 14.1. The number of amides is 1. The second-order valence-corrected chi connectivity index (χ2v) is 6.53. The van der Waals surface area contributed by atoms with Crippen molar-refractivity contribution in [3.05, 3.63) is 0 Å². The lowest BCUT2D eigenvalue weighted by atomic mass is 10.1. The van der Waals surface area contributed by atoms with E-state index in [2.05, 4.69) is 24.1 Å². The smallest absolute Gasteiger partial charge is 0.229 e. The molecule has 1 saturated carbocycles. The summed E-state index contributed by atoms with van der Waals surface area (Å²) in [5.74, 6) is -0.0466. The quantitative estimate of drug-likeness (QED) is 0.773. The normalized spacial score (nSPS) is 27.2. The van der Waals surface area contributed by atoms with Crippen LogP contribution in [0, 0.1) is 5.41 Å². The average molecular weight is 267 g/mol. The van der Waals surface area contributed by atoms with Gasteiger partial charge < -0.3 is 10.2 Å². The van der Waals surface area contributed by atoms with Crippen LogP contribution in [-0.2, 0) is 4.79 Å². The molecular formula is C11H20Cl2N2O. The lowest BCUT2D eigenvalue weighted by molar-refractivity contribution is -0.125. The van der Waals surface area contributed by atoms with E-state index in [0.29, 0.717) is 19.0 Å². The zero-order valence-corrected chi connectivity index (χ0v) is 11.8. The summed E-state index contributed by atoms with van der Waals surface area (Å²) in [7, 11) is 2.03. The maximum atomic E-state index is 11.8. The van der Waals surface area contributed by atoms with Gasteiger partial charge in [0.05, 0.1) is 5.41 Å². The minimum absolute atomic E-state index is 0.0466. The molecule has 1 aliphatic rings. The molecule has 0 radical (unpaired) electrons. The topological polar surface area (TPSA) is 32.3 Å². The van der Waals surface area contributed by atoms with Gasteiger partial charge in [-0.05, 0) is 34.2 Å². The molecule has 1 rings (SSSR count). The molecular weight excluding hydrogens is 247 g/mol. The molecule has 0 bridgehead atoms. The molecule has 0 aromatic rings. The van der Waals surface area contributed by atoms with Crippen LogP contribution in [-0.4, -0.2) is 41.3 Å². The van der Waals surface area contributed by atoms with Gasteiger partial charge in [0.15, 0.2) is 0 Å². The molecule has 0 spiro atoms. The summed E-state index contributed by atoms with van der Waals surface area (Å²) in [5.41, 5.74) is -0.605. The van der Waals surface area contributed by atoms with Crippen LogP contribution in [0.5, 0.6) is 0 Å². The maximum absolute atomic E-state index is 11.8. The van der Waals surface area contributed by atoms with Crippen LogP contribution < -0.4 is 5.32 Å². The number of hydrogen-bond acceptors (Lipinski definition) is 2. The predicted octanol–water partition coefficient (Wildman–Crippen LogP) is 2.03. The lowest BCUT2D eigenvalue weighted by Gasteiger charge is -2.21. The Morgan fingerprint density at radius 2 is 2.00 bits per heavy atom. The number of nitrogens with one attached hydrogen (secondary N) is 1. The third-order valence-corrected chi connectivity index (χ3v) is 4.49. The van der Waals surface area contributed by atoms with Gasteiger partial charge in [0, 0.05) is 19.1 Å². The van der Waals surface area contributed by atoms with Gasteiger partial charge >= 0.3 is 0 Å². The summed E-state index contributed by atoms with van der Waals surface area (Å²) < 4.78 is -0.874. The molecule has 0 saturated heterocycles. The van der Waals surface area contributed by atoms with Gasteiger partial charge in [-0.1, -0.05) is 0 Å². The number of likely N-dealkylation sites (N-methyl/N-ethyl adjacent to an activating group) is 1. The Balaban J connectivity index is 2.28. The molecule has 0 aromatic heterocycles. The first-order valence-corrected chi connectivity index (χ1v) is 6.33. The minimum atomic E-state index is -0.874. The molecule has 1 atom stereocenters. The van der Waals surface area contributed by atoms with E-state index in [-0.39, 0.29) is 5.91 Å². The van der Waals surface area contributed by atoms with Gasteiger partial charge in [0.1, 0.15) is 4.33 Å². The summed E-state index contributed by atoms with van der Waals surface area (Å²) in [6.07, 6.45) is 0.537. The highest BCUT2D eigenvalue weighted by atomic mass is 35.5. The van der Waals surface area contributed by atoms with Crippen LogP contribution in [0.15, 0.2) is 0 Å². The Hall–Kier alpha value is 0.01000. The molecule has 94 valence electrons. The van der Waals surface area contributed by atoms with Crippen LogP contribution in [0.25, 0.3) is 0 Å². The molecule has 3 nitrogen and oxygen atoms in total. The van der Waals surface area contributed by atoms with Gasteiger partial charge in [-0.15, -0.1) is 23.2 Å². The van der Waals surface area contributed by atoms with Crippen molar-refractivity contribution in [3.63, 3.8) is 0 Å². The van der Waals surface area contributed by atoms with Crippen LogP contribution >= 0.6 is 23.2 Å². The Labute approximate surface area is 107 Å². The van der Waals surface area contributed by atoms with Gasteiger partial charge in [-0.2, -0.15) is 0 Å². The third-order valence-electron chi connectivity index (χ3n) is 3.39. The maximum Gasteiger partial charge on any atom is 0.229 e. The number of alkyl halides is 2. The van der Waals surface area contributed by atoms with E-state index in [0.717, 1.165) is 6.54 Å². The van der Waals surface area contributed by atoms with Crippen LogP contribution in [0.4, 0.5) is 0 Å². The second kappa shape index (κ2) is 4.71. The molecule has 1 aliphatic carbocycles. The second-order valence-electron chi connectivity index (χ2n) is 5.04. The Morgan fingerprint density at radius 1 is 1.50 bits per heavy atom. The summed E-state index contributed by atoms with van der Waals surface area (Å²) in [5, 5.41) is 2.88. The number of rotatable bonds is 5. The molecule has 0 heterocycles. The van der Waals surface area contributed by atoms with Crippen LogP contribution in [0.2, 0.25) is 0 Å². The number of halogens is 2. The first-order chi connectivity index (χ1) is 7.21. The van der Waals surface area contributed by atoms with E-state index < -0.39 is 9.75 Å². The van der Waals surface area contributed by atoms with E-state index in [4.69, 9.17) is 23.2 Å². The molecule has 1 fully saturated rings. The van der Waals surface area contributed by atoms with Crippen molar-refractivity contribution in [2.24, 2.45) is 5.41 Å². The number of carbonyl (C=O) groups excluding carboxylic acids is 1. The monoisotopic (exact) mass is 266 g/mol. The van der Waals surface area contributed by atoms with Crippen LogP contribution in [0.1, 0.15) is 27.2 Å². The van der Waals surface area contributed by atoms with Crippen molar-refractivity contribution in [2.45, 2.75) is 37.6 Å². The largest absolute Gasteiger partial charge is 0.354 e. The molecule has 0 aromatic carbocycles. The molecule has 1 amide bonds. The SMILES string of the molecule is CC(C)N(C)CCNC(=O)[C@@]1(C)CC1(Cl)Cl. The summed E-state index contributed by atoms with van der Waals surface area (Å²) in [6.45, 7) is 7.50. The fourth-order valence-corrected chi connectivity index (χ4v) is 2.15. The Kier molecular flexibility index (Phi) is 4.14. The number of hydrogen-bond donors (Lipinski definition) is 1. The van der Waals surface area contributed by atoms with Crippen molar-refractivity contribution in [1.82, 2.24) is 10.2 Å². The van der Waals surface area contributed by atoms with Crippen molar-refractivity contribution in [3.8, 4) is 0 Å². The van der Waals surface area contributed by atoms with E-state index >= 15 is 0 Å². The molecule has 0 aliphatic heterocycles. The van der Waals surface area contributed by atoms with Crippen molar-refractivity contribution in [2.75, 3.05) is 20.1 Å². The van der Waals surface area contributed by atoms with Gasteiger partial charge in [-0.25, -0.2) is 0 Å². The highest BCUT2D eigenvalue weighted by Gasteiger charge is 2.67. The zero-order valence-electron chi connectivity index (χ0n) is 10.3. The molecule has 1 N–H and O–H groups in total. The van der Waals surface area contributed by atoms with E-state index in [1.54, 1.807) is 6.92 Å². The fraction of sp³-hybridized carbons (Fsp3) is 0.909. The highest BCUT2D eigenvalue weighted by Crippen LogP contribution is 2.63. The fourth-order valence-electron chi connectivity index (χ4n) is 1.45. The van der Waals surface area contributed by atoms with E-state index in [9.17, 15) is 4.79 Å². The van der Waals surface area contributed by atoms with Gasteiger partial charge in [0.2, 0.25) is 5.91 Å². The lowest BCUT2D eigenvalue weighted by Crippen LogP contribution is -2.39. The van der Waals surface area contributed by atoms with Crippen LogP contribution in [0.3, 0.4) is 0 Å². The first-order valence-electron chi connectivity index (χ1n) is 5.57. The summed E-state index contributed by atoms with van der Waals surface area (Å²) >= 11 is 11.9. The highest BCUT2D eigenvalue weighted by molar-refractivity contribution is 6.53. The molecule has 16 heavy (non-hydrogen) atoms. The third kappa shape index (κ3) is 2.82. The van der Waals surface area contributed by atoms with E-state index in [1.165, 1.54) is 0 Å².